The van der Waals surface area contributed by atoms with Gasteiger partial charge in [0, 0.05) is 24.7 Å². The summed E-state index contributed by atoms with van der Waals surface area (Å²) in [6.45, 7) is 6.58. The van der Waals surface area contributed by atoms with Crippen LogP contribution in [0.1, 0.15) is 37.8 Å². The van der Waals surface area contributed by atoms with Gasteiger partial charge in [0.2, 0.25) is 0 Å². The molecule has 1 aliphatic rings. The Balaban J connectivity index is 2.19. The van der Waals surface area contributed by atoms with Gasteiger partial charge in [0.25, 0.3) is 0 Å². The van der Waals surface area contributed by atoms with E-state index in [4.69, 9.17) is 10.00 Å². The molecule has 0 aliphatic carbocycles. The summed E-state index contributed by atoms with van der Waals surface area (Å²) in [7, 11) is 1.69. The van der Waals surface area contributed by atoms with Crippen molar-refractivity contribution in [3.63, 3.8) is 0 Å². The number of nitriles is 1. The molecule has 102 valence electrons. The van der Waals surface area contributed by atoms with Gasteiger partial charge >= 0.3 is 0 Å². The third-order valence-corrected chi connectivity index (χ3v) is 4.03. The second-order valence-electron chi connectivity index (χ2n) is 5.60. The minimum atomic E-state index is 0.603. The molecule has 0 bridgehead atoms. The number of methoxy groups -OCH3 is 1. The van der Waals surface area contributed by atoms with E-state index < -0.39 is 0 Å². The Bertz CT molecular complexity index is 478. The molecule has 1 aromatic carbocycles. The molecule has 0 spiro atoms. The summed E-state index contributed by atoms with van der Waals surface area (Å²) in [5, 5.41) is 9.02. The number of piperidine rings is 1. The number of rotatable bonds is 3. The van der Waals surface area contributed by atoms with Crippen LogP contribution < -0.4 is 4.74 Å². The molecule has 0 N–H and O–H groups in total. The van der Waals surface area contributed by atoms with E-state index >= 15 is 0 Å². The number of likely N-dealkylation sites (tertiary alicyclic amines) is 1. The van der Waals surface area contributed by atoms with Crippen LogP contribution in [0.4, 0.5) is 0 Å². The largest absolute Gasteiger partial charge is 0.496 e. The number of hydrogen-bond acceptors (Lipinski definition) is 3. The predicted molar refractivity (Wildman–Crippen MR) is 76.0 cm³/mol. The van der Waals surface area contributed by atoms with Crippen LogP contribution in [-0.2, 0) is 6.54 Å². The number of benzene rings is 1. The van der Waals surface area contributed by atoms with E-state index in [9.17, 15) is 0 Å². The van der Waals surface area contributed by atoms with Crippen molar-refractivity contribution < 1.29 is 4.74 Å². The monoisotopic (exact) mass is 258 g/mol. The third kappa shape index (κ3) is 3.27. The summed E-state index contributed by atoms with van der Waals surface area (Å²) in [5.41, 5.74) is 1.82. The van der Waals surface area contributed by atoms with E-state index in [2.05, 4.69) is 24.8 Å². The molecule has 3 nitrogen and oxygen atoms in total. The van der Waals surface area contributed by atoms with Crippen LogP contribution in [-0.4, -0.2) is 24.6 Å². The molecule has 0 saturated carbocycles. The van der Waals surface area contributed by atoms with E-state index in [0.717, 1.165) is 30.3 Å². The molecule has 2 rings (SSSR count). The smallest absolute Gasteiger partial charge is 0.123 e. The normalized spacial score (nSPS) is 23.9. The quantitative estimate of drug-likeness (QED) is 0.835. The number of nitrogens with zero attached hydrogens (tertiary/aromatic N) is 2. The van der Waals surface area contributed by atoms with E-state index in [1.54, 1.807) is 7.11 Å². The van der Waals surface area contributed by atoms with Crippen molar-refractivity contribution in [2.75, 3.05) is 13.7 Å². The van der Waals surface area contributed by atoms with Crippen molar-refractivity contribution in [2.45, 2.75) is 39.3 Å². The molecule has 1 fully saturated rings. The van der Waals surface area contributed by atoms with Gasteiger partial charge in [-0.25, -0.2) is 0 Å². The maximum atomic E-state index is 9.02. The molecule has 19 heavy (non-hydrogen) atoms. The van der Waals surface area contributed by atoms with Gasteiger partial charge in [-0.1, -0.05) is 6.92 Å². The van der Waals surface area contributed by atoms with E-state index in [-0.39, 0.29) is 0 Å². The summed E-state index contributed by atoms with van der Waals surface area (Å²) in [6.07, 6.45) is 2.56. The molecule has 0 radical (unpaired) electrons. The minimum absolute atomic E-state index is 0.603. The van der Waals surface area contributed by atoms with Crippen LogP contribution in [0.15, 0.2) is 18.2 Å². The Morgan fingerprint density at radius 2 is 2.16 bits per heavy atom. The molecule has 0 amide bonds. The Hall–Kier alpha value is -1.53. The Morgan fingerprint density at radius 1 is 1.37 bits per heavy atom. The molecular weight excluding hydrogens is 236 g/mol. The van der Waals surface area contributed by atoms with E-state index in [1.807, 2.05) is 18.2 Å². The predicted octanol–water partition coefficient (Wildman–Crippen LogP) is 3.19. The Labute approximate surface area is 115 Å². The van der Waals surface area contributed by atoms with Crippen LogP contribution in [0.25, 0.3) is 0 Å². The van der Waals surface area contributed by atoms with Crippen molar-refractivity contribution in [2.24, 2.45) is 5.92 Å². The van der Waals surface area contributed by atoms with E-state index in [1.165, 1.54) is 12.8 Å². The van der Waals surface area contributed by atoms with Gasteiger partial charge in [-0.3, -0.25) is 4.90 Å². The number of hydrogen-bond donors (Lipinski definition) is 0. The molecule has 1 aromatic rings. The molecule has 1 heterocycles. The second-order valence-corrected chi connectivity index (χ2v) is 5.60. The molecule has 2 unspecified atom stereocenters. The lowest BCUT2D eigenvalue weighted by Crippen LogP contribution is -2.40. The zero-order chi connectivity index (χ0) is 13.8. The molecular formula is C16H22N2O. The fraction of sp³-hybridized carbons (Fsp3) is 0.562. The summed E-state index contributed by atoms with van der Waals surface area (Å²) < 4.78 is 5.41. The van der Waals surface area contributed by atoms with Gasteiger partial charge in [0.15, 0.2) is 0 Å². The first-order valence-electron chi connectivity index (χ1n) is 6.95. The highest BCUT2D eigenvalue weighted by Gasteiger charge is 2.23. The highest BCUT2D eigenvalue weighted by Crippen LogP contribution is 2.27. The summed E-state index contributed by atoms with van der Waals surface area (Å²) in [6, 6.07) is 8.46. The standard InChI is InChI=1S/C16H22N2O/c1-12-4-5-13(2)18(10-12)11-15-8-14(9-17)6-7-16(15)19-3/h6-8,12-13H,4-5,10-11H2,1-3H3. The van der Waals surface area contributed by atoms with Gasteiger partial charge in [0.05, 0.1) is 18.7 Å². The Morgan fingerprint density at radius 3 is 2.84 bits per heavy atom. The van der Waals surface area contributed by atoms with Crippen molar-refractivity contribution in [3.8, 4) is 11.8 Å². The molecule has 1 saturated heterocycles. The van der Waals surface area contributed by atoms with Gasteiger partial charge in [-0.05, 0) is 43.9 Å². The van der Waals surface area contributed by atoms with Crippen LogP contribution in [0.5, 0.6) is 5.75 Å². The maximum Gasteiger partial charge on any atom is 0.123 e. The van der Waals surface area contributed by atoms with Gasteiger partial charge in [-0.15, -0.1) is 0 Å². The molecule has 0 aromatic heterocycles. The fourth-order valence-electron chi connectivity index (χ4n) is 2.79. The van der Waals surface area contributed by atoms with Gasteiger partial charge in [0.1, 0.15) is 5.75 Å². The highest BCUT2D eigenvalue weighted by molar-refractivity contribution is 5.42. The highest BCUT2D eigenvalue weighted by atomic mass is 16.5. The molecule has 2 atom stereocenters. The zero-order valence-corrected chi connectivity index (χ0v) is 12.0. The van der Waals surface area contributed by atoms with E-state index in [0.29, 0.717) is 11.6 Å². The zero-order valence-electron chi connectivity index (χ0n) is 12.0. The average molecular weight is 258 g/mol. The molecule has 1 aliphatic heterocycles. The lowest BCUT2D eigenvalue weighted by atomic mass is 9.94. The van der Waals surface area contributed by atoms with Crippen LogP contribution in [0, 0.1) is 17.2 Å². The lowest BCUT2D eigenvalue weighted by Gasteiger charge is -2.37. The van der Waals surface area contributed by atoms with Crippen LogP contribution in [0.3, 0.4) is 0 Å². The first-order valence-corrected chi connectivity index (χ1v) is 6.95. The average Bonchev–Trinajstić information content (AvgIpc) is 2.42. The molecule has 3 heteroatoms. The third-order valence-electron chi connectivity index (χ3n) is 4.03. The first-order chi connectivity index (χ1) is 9.13. The summed E-state index contributed by atoms with van der Waals surface area (Å²) in [5.74, 6) is 1.63. The first kappa shape index (κ1) is 13.9. The summed E-state index contributed by atoms with van der Waals surface area (Å²) in [4.78, 5) is 2.49. The van der Waals surface area contributed by atoms with Gasteiger partial charge in [-0.2, -0.15) is 5.26 Å². The van der Waals surface area contributed by atoms with Gasteiger partial charge < -0.3 is 4.74 Å². The maximum absolute atomic E-state index is 9.02. The van der Waals surface area contributed by atoms with Crippen molar-refractivity contribution in [1.29, 1.82) is 5.26 Å². The Kier molecular flexibility index (Phi) is 4.44. The van der Waals surface area contributed by atoms with Crippen LogP contribution in [0.2, 0.25) is 0 Å². The SMILES string of the molecule is COc1ccc(C#N)cc1CN1CC(C)CCC1C. The van der Waals surface area contributed by atoms with Crippen molar-refractivity contribution >= 4 is 0 Å². The van der Waals surface area contributed by atoms with Crippen molar-refractivity contribution in [1.82, 2.24) is 4.90 Å². The fourth-order valence-corrected chi connectivity index (χ4v) is 2.79. The summed E-state index contributed by atoms with van der Waals surface area (Å²) >= 11 is 0. The number of ether oxygens (including phenoxy) is 1. The second kappa shape index (κ2) is 6.08. The van der Waals surface area contributed by atoms with Crippen LogP contribution >= 0.6 is 0 Å². The lowest BCUT2D eigenvalue weighted by molar-refractivity contribution is 0.116. The topological polar surface area (TPSA) is 36.3 Å². The minimum Gasteiger partial charge on any atom is -0.496 e. The van der Waals surface area contributed by atoms with Crippen molar-refractivity contribution in [3.05, 3.63) is 29.3 Å².